The number of benzene rings is 2. The van der Waals surface area contributed by atoms with Crippen LogP contribution in [0.5, 0.6) is 5.75 Å². The first-order chi connectivity index (χ1) is 15.0. The number of ether oxygens (including phenoxy) is 2. The van der Waals surface area contributed by atoms with E-state index in [0.717, 1.165) is 22.8 Å². The number of hydrogen-bond acceptors (Lipinski definition) is 4. The molecule has 0 unspecified atom stereocenters. The Hall–Kier alpha value is -3.32. The van der Waals surface area contributed by atoms with Crippen molar-refractivity contribution in [2.45, 2.75) is 13.8 Å². The lowest BCUT2D eigenvalue weighted by atomic mass is 10.2. The molecule has 1 N–H and O–H groups in total. The number of rotatable bonds is 5. The molecule has 1 amide bonds. The van der Waals surface area contributed by atoms with Crippen LogP contribution >= 0.6 is 0 Å². The second-order valence-corrected chi connectivity index (χ2v) is 7.54. The molecule has 0 aliphatic carbocycles. The summed E-state index contributed by atoms with van der Waals surface area (Å²) in [5.41, 5.74) is 4.12. The Morgan fingerprint density at radius 3 is 2.58 bits per heavy atom. The number of halogens is 1. The van der Waals surface area contributed by atoms with Crippen molar-refractivity contribution in [1.29, 1.82) is 0 Å². The van der Waals surface area contributed by atoms with E-state index in [4.69, 9.17) is 9.47 Å². The number of amides is 1. The molecule has 7 heteroatoms. The third-order valence-electron chi connectivity index (χ3n) is 5.54. The second kappa shape index (κ2) is 8.81. The number of anilines is 2. The summed E-state index contributed by atoms with van der Waals surface area (Å²) in [5.74, 6) is 0.106. The number of morpholine rings is 1. The summed E-state index contributed by atoms with van der Waals surface area (Å²) in [6.07, 6.45) is 0. The first-order valence-corrected chi connectivity index (χ1v) is 10.2. The maximum atomic E-state index is 14.7. The van der Waals surface area contributed by atoms with Crippen molar-refractivity contribution in [3.63, 3.8) is 0 Å². The third-order valence-corrected chi connectivity index (χ3v) is 5.54. The molecule has 0 bridgehead atoms. The highest BCUT2D eigenvalue weighted by Gasteiger charge is 2.19. The average molecular weight is 423 g/mol. The molecule has 2 aromatic carbocycles. The van der Waals surface area contributed by atoms with Crippen molar-refractivity contribution < 1.29 is 18.7 Å². The van der Waals surface area contributed by atoms with E-state index in [1.807, 2.05) is 53.6 Å². The lowest BCUT2D eigenvalue weighted by molar-refractivity contribution is 0.102. The molecule has 0 radical (unpaired) electrons. The van der Waals surface area contributed by atoms with Crippen LogP contribution in [0.3, 0.4) is 0 Å². The molecule has 3 aromatic rings. The predicted molar refractivity (Wildman–Crippen MR) is 119 cm³/mol. The minimum absolute atomic E-state index is 0.277. The second-order valence-electron chi connectivity index (χ2n) is 7.54. The summed E-state index contributed by atoms with van der Waals surface area (Å²) in [6, 6.07) is 14.3. The Labute approximate surface area is 181 Å². The largest absolute Gasteiger partial charge is 0.497 e. The molecular formula is C24H26FN3O3. The van der Waals surface area contributed by atoms with Gasteiger partial charge >= 0.3 is 0 Å². The molecule has 1 aliphatic heterocycles. The number of hydrogen-bond donors (Lipinski definition) is 1. The highest BCUT2D eigenvalue weighted by molar-refractivity contribution is 6.05. The maximum absolute atomic E-state index is 14.7. The highest BCUT2D eigenvalue weighted by atomic mass is 19.1. The fraction of sp³-hybridized carbons (Fsp3) is 0.292. The molecule has 1 aliphatic rings. The van der Waals surface area contributed by atoms with Gasteiger partial charge in [-0.15, -0.1) is 0 Å². The van der Waals surface area contributed by atoms with E-state index in [-0.39, 0.29) is 11.7 Å². The summed E-state index contributed by atoms with van der Waals surface area (Å²) in [7, 11) is 1.62. The van der Waals surface area contributed by atoms with Crippen LogP contribution in [-0.4, -0.2) is 43.9 Å². The van der Waals surface area contributed by atoms with Gasteiger partial charge in [0.1, 0.15) is 11.6 Å². The number of carbonyl (C=O) groups excluding carboxylic acids is 1. The molecule has 1 fully saturated rings. The molecule has 0 atom stereocenters. The molecule has 4 rings (SSSR count). The maximum Gasteiger partial charge on any atom is 0.257 e. The summed E-state index contributed by atoms with van der Waals surface area (Å²) < 4.78 is 27.3. The number of carbonyl (C=O) groups is 1. The topological polar surface area (TPSA) is 55.7 Å². The zero-order valence-corrected chi connectivity index (χ0v) is 17.9. The summed E-state index contributed by atoms with van der Waals surface area (Å²) in [4.78, 5) is 14.9. The van der Waals surface area contributed by atoms with Crippen LogP contribution in [0, 0.1) is 19.7 Å². The van der Waals surface area contributed by atoms with E-state index >= 15 is 0 Å². The van der Waals surface area contributed by atoms with Gasteiger partial charge < -0.3 is 24.3 Å². The first-order valence-electron chi connectivity index (χ1n) is 10.2. The molecule has 162 valence electrons. The number of methoxy groups -OCH3 is 1. The van der Waals surface area contributed by atoms with Crippen molar-refractivity contribution in [2.75, 3.05) is 43.6 Å². The van der Waals surface area contributed by atoms with Gasteiger partial charge in [-0.25, -0.2) is 4.39 Å². The smallest absolute Gasteiger partial charge is 0.257 e. The van der Waals surface area contributed by atoms with E-state index < -0.39 is 0 Å². The summed E-state index contributed by atoms with van der Waals surface area (Å²) in [5, 5.41) is 2.82. The molecule has 31 heavy (non-hydrogen) atoms. The van der Waals surface area contributed by atoms with Crippen molar-refractivity contribution in [3.05, 3.63) is 71.3 Å². The predicted octanol–water partition coefficient (Wildman–Crippen LogP) is 4.33. The lowest BCUT2D eigenvalue weighted by Crippen LogP contribution is -2.36. The van der Waals surface area contributed by atoms with E-state index in [1.165, 1.54) is 6.07 Å². The molecule has 0 saturated carbocycles. The van der Waals surface area contributed by atoms with Gasteiger partial charge in [-0.2, -0.15) is 0 Å². The van der Waals surface area contributed by atoms with E-state index in [1.54, 1.807) is 19.2 Å². The van der Waals surface area contributed by atoms with Gasteiger partial charge in [0.15, 0.2) is 0 Å². The van der Waals surface area contributed by atoms with Gasteiger partial charge in [-0.05, 0) is 50.2 Å². The standard InChI is InChI=1S/C24H26FN3O3/c1-16-13-21(17(2)28(16)19-5-4-6-20(15-19)30-3)24(29)26-18-7-8-23(22(25)14-18)27-9-11-31-12-10-27/h4-8,13-15H,9-12H2,1-3H3,(H,26,29). The van der Waals surface area contributed by atoms with Gasteiger partial charge in [0, 0.05) is 41.9 Å². The van der Waals surface area contributed by atoms with Crippen molar-refractivity contribution in [3.8, 4) is 11.4 Å². The third kappa shape index (κ3) is 4.27. The summed E-state index contributed by atoms with van der Waals surface area (Å²) >= 11 is 0. The van der Waals surface area contributed by atoms with Crippen LogP contribution in [0.15, 0.2) is 48.5 Å². The number of nitrogens with one attached hydrogen (secondary N) is 1. The Morgan fingerprint density at radius 1 is 1.10 bits per heavy atom. The molecule has 2 heterocycles. The molecule has 1 aromatic heterocycles. The van der Waals surface area contributed by atoms with Gasteiger partial charge in [0.2, 0.25) is 0 Å². The van der Waals surface area contributed by atoms with Crippen LogP contribution in [0.1, 0.15) is 21.7 Å². The van der Waals surface area contributed by atoms with Gasteiger partial charge in [0.25, 0.3) is 5.91 Å². The fourth-order valence-electron chi connectivity index (χ4n) is 3.98. The van der Waals surface area contributed by atoms with E-state index in [9.17, 15) is 9.18 Å². The number of aryl methyl sites for hydroxylation is 1. The Balaban J connectivity index is 1.56. The summed E-state index contributed by atoms with van der Waals surface area (Å²) in [6.45, 7) is 6.31. The van der Waals surface area contributed by atoms with Crippen LogP contribution in [0.2, 0.25) is 0 Å². The minimum atomic E-state index is -0.360. The van der Waals surface area contributed by atoms with Crippen LogP contribution < -0.4 is 15.0 Å². The molecular weight excluding hydrogens is 397 g/mol. The van der Waals surface area contributed by atoms with Crippen LogP contribution in [0.4, 0.5) is 15.8 Å². The Morgan fingerprint density at radius 2 is 1.87 bits per heavy atom. The van der Waals surface area contributed by atoms with Crippen molar-refractivity contribution in [1.82, 2.24) is 4.57 Å². The zero-order valence-electron chi connectivity index (χ0n) is 17.9. The number of aromatic nitrogens is 1. The Bertz CT molecular complexity index is 1100. The molecule has 1 saturated heterocycles. The highest BCUT2D eigenvalue weighted by Crippen LogP contribution is 2.26. The van der Waals surface area contributed by atoms with E-state index in [0.29, 0.717) is 43.2 Å². The SMILES string of the molecule is COc1cccc(-n2c(C)cc(C(=O)Nc3ccc(N4CCOCC4)c(F)c3)c2C)c1. The lowest BCUT2D eigenvalue weighted by Gasteiger charge is -2.29. The van der Waals surface area contributed by atoms with Gasteiger partial charge in [-0.3, -0.25) is 4.79 Å². The number of nitrogens with zero attached hydrogens (tertiary/aromatic N) is 2. The quantitative estimate of drug-likeness (QED) is 0.664. The zero-order chi connectivity index (χ0) is 22.0. The normalized spacial score (nSPS) is 13.9. The minimum Gasteiger partial charge on any atom is -0.497 e. The van der Waals surface area contributed by atoms with Crippen LogP contribution in [0.25, 0.3) is 5.69 Å². The van der Waals surface area contributed by atoms with Crippen molar-refractivity contribution in [2.24, 2.45) is 0 Å². The Kier molecular flexibility index (Phi) is 5.95. The van der Waals surface area contributed by atoms with Crippen molar-refractivity contribution >= 4 is 17.3 Å². The van der Waals surface area contributed by atoms with E-state index in [2.05, 4.69) is 5.32 Å². The first kappa shape index (κ1) is 20.9. The molecule has 6 nitrogen and oxygen atoms in total. The van der Waals surface area contributed by atoms with Gasteiger partial charge in [-0.1, -0.05) is 6.07 Å². The average Bonchev–Trinajstić information content (AvgIpc) is 3.08. The van der Waals surface area contributed by atoms with Crippen LogP contribution in [-0.2, 0) is 4.74 Å². The monoisotopic (exact) mass is 423 g/mol. The fourth-order valence-corrected chi connectivity index (χ4v) is 3.98. The van der Waals surface area contributed by atoms with Gasteiger partial charge in [0.05, 0.1) is 31.6 Å². The molecule has 0 spiro atoms.